The number of rotatable bonds is 11. The molecule has 2 N–H and O–H groups in total. The van der Waals surface area contributed by atoms with Gasteiger partial charge in [0.05, 0.1) is 47.9 Å². The van der Waals surface area contributed by atoms with Crippen LogP contribution < -0.4 is 0 Å². The predicted molar refractivity (Wildman–Crippen MR) is 213 cm³/mol. The fraction of sp³-hybridized carbons (Fsp3) is 0.738. The number of ketones is 2. The molecule has 3 saturated heterocycles. The maximum absolute atomic E-state index is 14.7. The number of Topliss-reactive ketones (excluding diaryl/α,β-unsaturated/α-hetero) is 2. The minimum absolute atomic E-state index is 0.0692. The molecule has 14 atom stereocenters. The van der Waals surface area contributed by atoms with E-state index in [2.05, 4.69) is 15.3 Å². The Morgan fingerprint density at radius 2 is 1.64 bits per heavy atom. The Kier molecular flexibility index (Phi) is 14.7. The second-order valence-electron chi connectivity index (χ2n) is 17.2. The van der Waals surface area contributed by atoms with E-state index >= 15 is 0 Å². The van der Waals surface area contributed by atoms with Crippen LogP contribution in [0.4, 0.5) is 4.79 Å². The Balaban J connectivity index is 1.44. The van der Waals surface area contributed by atoms with Crippen LogP contribution in [0.3, 0.4) is 0 Å². The Bertz CT molecular complexity index is 1780. The van der Waals surface area contributed by atoms with Crippen LogP contribution in [-0.4, -0.2) is 151 Å². The van der Waals surface area contributed by atoms with E-state index in [0.717, 1.165) is 0 Å². The van der Waals surface area contributed by atoms with E-state index in [1.165, 1.54) is 14.0 Å². The number of unbranched alkanes of at least 4 members (excludes halogenated alkanes) is 1. The van der Waals surface area contributed by atoms with Crippen molar-refractivity contribution in [1.29, 1.82) is 0 Å². The van der Waals surface area contributed by atoms with Gasteiger partial charge in [-0.05, 0) is 79.6 Å². The molecule has 5 heterocycles. The second kappa shape index (κ2) is 18.8. The zero-order valence-corrected chi connectivity index (χ0v) is 36.3. The summed E-state index contributed by atoms with van der Waals surface area (Å²) >= 11 is 0. The van der Waals surface area contributed by atoms with Crippen LogP contribution in [0.15, 0.2) is 30.6 Å². The van der Waals surface area contributed by atoms with Crippen LogP contribution in [0.25, 0.3) is 11.4 Å². The van der Waals surface area contributed by atoms with Crippen molar-refractivity contribution in [2.75, 3.05) is 27.7 Å². The lowest BCUT2D eigenvalue weighted by Crippen LogP contribution is -2.64. The summed E-state index contributed by atoms with van der Waals surface area (Å²) in [5.74, 6) is -5.32. The molecule has 5 rings (SSSR count). The molecule has 1 amide bonds. The van der Waals surface area contributed by atoms with Crippen LogP contribution in [0, 0.1) is 23.7 Å². The number of nitrogens with zero attached hydrogens (tertiary/aromatic N) is 6. The molecule has 17 nitrogen and oxygen atoms in total. The number of hydrogen-bond donors (Lipinski definition) is 2. The molecule has 3 fully saturated rings. The molecule has 2 aromatic rings. The van der Waals surface area contributed by atoms with Gasteiger partial charge in [-0.2, -0.15) is 0 Å². The molecule has 0 aliphatic carbocycles. The molecule has 3 aliphatic rings. The monoisotopic (exact) mass is 828 g/mol. The van der Waals surface area contributed by atoms with Gasteiger partial charge in [0.2, 0.25) is 0 Å². The van der Waals surface area contributed by atoms with Crippen molar-refractivity contribution in [3.63, 3.8) is 0 Å². The van der Waals surface area contributed by atoms with E-state index in [4.69, 9.17) is 23.7 Å². The van der Waals surface area contributed by atoms with Crippen molar-refractivity contribution >= 4 is 23.6 Å². The standard InChI is InChI=1S/C42H64N6O11/c1-12-30-42(8)36(48(40(54)59-42)20-16-15-19-47-22-29(44-45-47)28-17-13-14-18-43-28)24(3)32(49)23(2)21-41(7,55-11)37(25(4)33(50)26(5)38(53)57-30)58-39-35(52)31(46(9)10)34(51)27(6)56-39/h13-14,17-18,22-27,30-31,34-37,39,51-52H,12,15-16,19-21H2,1-11H3/t23-,24+,25+,26-,27-,30-,31+,34-,35-,36-,37-,39+,41+,42-/m1/s1. The largest absolute Gasteiger partial charge is 0.458 e. The minimum Gasteiger partial charge on any atom is -0.458 e. The fourth-order valence-electron chi connectivity index (χ4n) is 9.39. The summed E-state index contributed by atoms with van der Waals surface area (Å²) in [6, 6.07) is 3.96. The van der Waals surface area contributed by atoms with Gasteiger partial charge in [-0.25, -0.2) is 4.79 Å². The number of aryl methyl sites for hydroxylation is 1. The zero-order valence-electron chi connectivity index (χ0n) is 36.3. The van der Waals surface area contributed by atoms with Gasteiger partial charge in [-0.15, -0.1) is 5.10 Å². The molecular weight excluding hydrogens is 764 g/mol. The number of aliphatic hydroxyl groups is 2. The Labute approximate surface area is 347 Å². The Morgan fingerprint density at radius 1 is 0.949 bits per heavy atom. The number of aliphatic hydroxyl groups excluding tert-OH is 2. The number of aromatic nitrogens is 4. The van der Waals surface area contributed by atoms with Crippen LogP contribution in [0.5, 0.6) is 0 Å². The lowest BCUT2D eigenvalue weighted by molar-refractivity contribution is -0.313. The van der Waals surface area contributed by atoms with Gasteiger partial charge in [0.1, 0.15) is 29.6 Å². The van der Waals surface area contributed by atoms with Gasteiger partial charge in [-0.1, -0.05) is 39.0 Å². The van der Waals surface area contributed by atoms with Crippen molar-refractivity contribution in [1.82, 2.24) is 29.8 Å². The van der Waals surface area contributed by atoms with Crippen molar-refractivity contribution in [3.05, 3.63) is 30.6 Å². The van der Waals surface area contributed by atoms with Crippen molar-refractivity contribution in [3.8, 4) is 11.4 Å². The van der Waals surface area contributed by atoms with Gasteiger partial charge in [0.25, 0.3) is 0 Å². The topological polar surface area (TPSA) is 205 Å². The third-order valence-electron chi connectivity index (χ3n) is 12.8. The van der Waals surface area contributed by atoms with E-state index in [-0.39, 0.29) is 25.2 Å². The number of hydrogen-bond acceptors (Lipinski definition) is 15. The van der Waals surface area contributed by atoms with Crippen molar-refractivity contribution in [2.24, 2.45) is 23.7 Å². The first-order valence-electron chi connectivity index (χ1n) is 20.8. The highest BCUT2D eigenvalue weighted by molar-refractivity contribution is 6.00. The van der Waals surface area contributed by atoms with E-state index in [1.54, 1.807) is 83.2 Å². The van der Waals surface area contributed by atoms with Crippen molar-refractivity contribution in [2.45, 2.75) is 148 Å². The number of amides is 1. The van der Waals surface area contributed by atoms with Gasteiger partial charge in [-0.3, -0.25) is 24.0 Å². The van der Waals surface area contributed by atoms with E-state index in [0.29, 0.717) is 30.8 Å². The van der Waals surface area contributed by atoms with E-state index in [1.807, 2.05) is 24.4 Å². The first-order chi connectivity index (χ1) is 27.8. The van der Waals surface area contributed by atoms with Gasteiger partial charge in [0.15, 0.2) is 17.7 Å². The first-order valence-corrected chi connectivity index (χ1v) is 20.8. The maximum Gasteiger partial charge on any atom is 0.410 e. The molecule has 0 unspecified atom stereocenters. The van der Waals surface area contributed by atoms with E-state index in [9.17, 15) is 29.4 Å². The van der Waals surface area contributed by atoms with Gasteiger partial charge >= 0.3 is 12.1 Å². The molecule has 0 bridgehead atoms. The number of methoxy groups -OCH3 is 1. The number of cyclic esters (lactones) is 1. The summed E-state index contributed by atoms with van der Waals surface area (Å²) in [6.45, 7) is 14.3. The van der Waals surface area contributed by atoms with Gasteiger partial charge < -0.3 is 43.7 Å². The van der Waals surface area contributed by atoms with E-state index < -0.39 is 102 Å². The predicted octanol–water partition coefficient (Wildman–Crippen LogP) is 3.30. The number of esters is 1. The quantitative estimate of drug-likeness (QED) is 0.190. The molecule has 0 saturated carbocycles. The SMILES string of the molecule is CC[C@H]1OC(=O)[C@H](C)C(=O)[C@H](C)[C@@H](O[C@@H]2O[C@H](C)[C@@H](O)[C@H](N(C)C)[C@H]2O)[C@@](C)(OC)C[C@@H](C)C(=O)[C@H](C)[C@H]2N(CCCCn3cc(-c4ccccn4)nn3)C(=O)O[C@]12C. The number of pyridine rings is 1. The summed E-state index contributed by atoms with van der Waals surface area (Å²) in [5.41, 5.74) is -1.43. The summed E-state index contributed by atoms with van der Waals surface area (Å²) in [6.07, 6.45) is -2.19. The van der Waals surface area contributed by atoms with Crippen LogP contribution >= 0.6 is 0 Å². The van der Waals surface area contributed by atoms with Crippen LogP contribution in [-0.2, 0) is 44.6 Å². The molecular formula is C42H64N6O11. The lowest BCUT2D eigenvalue weighted by Gasteiger charge is -2.48. The normalized spacial score (nSPS) is 37.6. The number of fused-ring (bicyclic) bond motifs is 1. The van der Waals surface area contributed by atoms with Crippen LogP contribution in [0.1, 0.15) is 81.1 Å². The second-order valence-corrected chi connectivity index (χ2v) is 17.2. The highest BCUT2D eigenvalue weighted by Crippen LogP contribution is 2.43. The van der Waals surface area contributed by atoms with Crippen LogP contribution in [0.2, 0.25) is 0 Å². The van der Waals surface area contributed by atoms with Crippen molar-refractivity contribution < 1.29 is 53.1 Å². The molecule has 3 aliphatic heterocycles. The first kappa shape index (κ1) is 46.2. The number of ether oxygens (including phenoxy) is 5. The average molecular weight is 829 g/mol. The number of carbonyl (C=O) groups is 4. The molecule has 2 aromatic heterocycles. The molecule has 0 aromatic carbocycles. The molecule has 0 radical (unpaired) electrons. The Morgan fingerprint density at radius 3 is 2.27 bits per heavy atom. The summed E-state index contributed by atoms with van der Waals surface area (Å²) in [5, 5.41) is 30.8. The zero-order chi connectivity index (χ0) is 43.6. The molecule has 59 heavy (non-hydrogen) atoms. The molecule has 328 valence electrons. The number of carbonyl (C=O) groups excluding carboxylic acids is 4. The highest BCUT2D eigenvalue weighted by Gasteiger charge is 2.60. The molecule has 0 spiro atoms. The smallest absolute Gasteiger partial charge is 0.410 e. The maximum atomic E-state index is 14.7. The summed E-state index contributed by atoms with van der Waals surface area (Å²) < 4.78 is 32.6. The summed E-state index contributed by atoms with van der Waals surface area (Å²) in [4.78, 5) is 64.4. The highest BCUT2D eigenvalue weighted by atomic mass is 16.7. The summed E-state index contributed by atoms with van der Waals surface area (Å²) in [7, 11) is 4.89. The fourth-order valence-corrected chi connectivity index (χ4v) is 9.39. The minimum atomic E-state index is -1.44. The lowest BCUT2D eigenvalue weighted by atomic mass is 9.73. The van der Waals surface area contributed by atoms with Gasteiger partial charge in [0, 0.05) is 44.1 Å². The average Bonchev–Trinajstić information content (AvgIpc) is 3.79. The number of likely N-dealkylation sites (N-methyl/N-ethyl adjacent to an activating group) is 1. The Hall–Kier alpha value is -3.87. The third-order valence-corrected chi connectivity index (χ3v) is 12.8. The third kappa shape index (κ3) is 9.39. The molecule has 17 heteroatoms.